The number of carbonyl (C=O) groups excluding carboxylic acids is 1. The quantitative estimate of drug-likeness (QED) is 0.230. The highest BCUT2D eigenvalue weighted by molar-refractivity contribution is 5.68. The normalized spacial score (nSPS) is 12.9. The van der Waals surface area contributed by atoms with Crippen LogP contribution in [0.25, 0.3) is 0 Å². The summed E-state index contributed by atoms with van der Waals surface area (Å²) in [6.45, 7) is 0.564. The van der Waals surface area contributed by atoms with Gasteiger partial charge in [-0.1, -0.05) is 5.22 Å². The number of nitrogens with zero attached hydrogens (tertiary/aromatic N) is 2. The molecule has 0 radical (unpaired) electrons. The van der Waals surface area contributed by atoms with E-state index in [0.29, 0.717) is 19.4 Å². The van der Waals surface area contributed by atoms with Gasteiger partial charge in [0, 0.05) is 6.42 Å². The van der Waals surface area contributed by atoms with Crippen LogP contribution in [0.15, 0.2) is 10.3 Å². The molecule has 7 heteroatoms. The maximum atomic E-state index is 10.6. The van der Waals surface area contributed by atoms with E-state index in [1.54, 1.807) is 0 Å². The van der Waals surface area contributed by atoms with Crippen molar-refractivity contribution in [2.45, 2.75) is 38.2 Å². The molecule has 0 aromatic rings. The van der Waals surface area contributed by atoms with Crippen LogP contribution in [-0.4, -0.2) is 23.7 Å². The molecule has 0 aromatic heterocycles. The zero-order valence-corrected chi connectivity index (χ0v) is 8.63. The van der Waals surface area contributed by atoms with Crippen molar-refractivity contribution in [2.75, 3.05) is 6.54 Å². The van der Waals surface area contributed by atoms with Crippen LogP contribution in [-0.2, 0) is 9.63 Å². The molecule has 5 N–H and O–H groups in total. The molecule has 0 saturated carbocycles. The van der Waals surface area contributed by atoms with E-state index in [9.17, 15) is 9.90 Å². The largest absolute Gasteiger partial charge is 0.393 e. The Balaban J connectivity index is 3.33. The monoisotopic (exact) mass is 218 g/mol. The van der Waals surface area contributed by atoms with Crippen molar-refractivity contribution < 1.29 is 14.7 Å². The lowest BCUT2D eigenvalue weighted by Crippen LogP contribution is -2.14. The zero-order valence-electron chi connectivity index (χ0n) is 8.63. The van der Waals surface area contributed by atoms with Gasteiger partial charge in [0.05, 0.1) is 12.6 Å². The number of hydrogen-bond acceptors (Lipinski definition) is 6. The molecule has 1 unspecified atom stereocenters. The van der Waals surface area contributed by atoms with Crippen molar-refractivity contribution in [1.82, 2.24) is 0 Å². The predicted molar refractivity (Wildman–Crippen MR) is 53.3 cm³/mol. The SMILES string of the molecule is NN=NCCCCC(O)CCC(=O)ON. The fraction of sp³-hybridized carbons (Fsp3) is 0.875. The second-order valence-electron chi connectivity index (χ2n) is 3.16. The summed E-state index contributed by atoms with van der Waals surface area (Å²) in [6, 6.07) is 0. The number of carbonyl (C=O) groups is 1. The van der Waals surface area contributed by atoms with Gasteiger partial charge in [-0.05, 0) is 25.7 Å². The van der Waals surface area contributed by atoms with Gasteiger partial charge in [-0.15, -0.1) is 0 Å². The Morgan fingerprint density at radius 3 is 2.73 bits per heavy atom. The Labute approximate surface area is 88.4 Å². The summed E-state index contributed by atoms with van der Waals surface area (Å²) in [4.78, 5) is 14.6. The van der Waals surface area contributed by atoms with E-state index in [4.69, 9.17) is 5.84 Å². The smallest absolute Gasteiger partial charge is 0.324 e. The molecule has 0 heterocycles. The average molecular weight is 218 g/mol. The lowest BCUT2D eigenvalue weighted by Gasteiger charge is -2.08. The first-order valence-corrected chi connectivity index (χ1v) is 4.85. The zero-order chi connectivity index (χ0) is 11.5. The lowest BCUT2D eigenvalue weighted by atomic mass is 10.1. The molecule has 0 amide bonds. The van der Waals surface area contributed by atoms with Gasteiger partial charge in [-0.3, -0.25) is 4.79 Å². The molecule has 0 spiro atoms. The van der Waals surface area contributed by atoms with Gasteiger partial charge < -0.3 is 15.8 Å². The van der Waals surface area contributed by atoms with Gasteiger partial charge in [0.2, 0.25) is 0 Å². The first-order chi connectivity index (χ1) is 7.20. The van der Waals surface area contributed by atoms with Crippen LogP contribution in [0.3, 0.4) is 0 Å². The summed E-state index contributed by atoms with van der Waals surface area (Å²) in [5.41, 5.74) is 0. The number of aliphatic hydroxyl groups excluding tert-OH is 1. The Morgan fingerprint density at radius 1 is 1.40 bits per heavy atom. The average Bonchev–Trinajstić information content (AvgIpc) is 2.25. The van der Waals surface area contributed by atoms with Crippen molar-refractivity contribution in [2.24, 2.45) is 22.1 Å². The third-order valence-corrected chi connectivity index (χ3v) is 1.94. The lowest BCUT2D eigenvalue weighted by molar-refractivity contribution is -0.144. The summed E-state index contributed by atoms with van der Waals surface area (Å²) in [5.74, 6) is 8.95. The van der Waals surface area contributed by atoms with E-state index in [2.05, 4.69) is 21.1 Å². The minimum atomic E-state index is -0.508. The summed E-state index contributed by atoms with van der Waals surface area (Å²) >= 11 is 0. The summed E-state index contributed by atoms with van der Waals surface area (Å²) < 4.78 is 0. The van der Waals surface area contributed by atoms with Crippen LogP contribution >= 0.6 is 0 Å². The minimum Gasteiger partial charge on any atom is -0.393 e. The molecule has 0 bridgehead atoms. The maximum absolute atomic E-state index is 10.6. The van der Waals surface area contributed by atoms with Gasteiger partial charge in [0.15, 0.2) is 0 Å². The van der Waals surface area contributed by atoms with E-state index >= 15 is 0 Å². The second kappa shape index (κ2) is 9.35. The fourth-order valence-electron chi connectivity index (χ4n) is 1.11. The van der Waals surface area contributed by atoms with Crippen LogP contribution in [0.2, 0.25) is 0 Å². The molecule has 0 saturated heterocycles. The van der Waals surface area contributed by atoms with Crippen molar-refractivity contribution in [3.8, 4) is 0 Å². The Bertz CT molecular complexity index is 198. The highest BCUT2D eigenvalue weighted by Crippen LogP contribution is 2.07. The topological polar surface area (TPSA) is 123 Å². The van der Waals surface area contributed by atoms with Gasteiger partial charge in [0.1, 0.15) is 0 Å². The predicted octanol–water partition coefficient (Wildman–Crippen LogP) is 0.0406. The third kappa shape index (κ3) is 9.10. The Kier molecular flexibility index (Phi) is 8.59. The first-order valence-electron chi connectivity index (χ1n) is 4.85. The standard InChI is InChI=1S/C8H18N4O3/c9-12-11-6-2-1-3-7(13)4-5-8(14)15-10/h7,13H,1-6,10H2,(H2,9,11). The number of hydrogen-bond donors (Lipinski definition) is 3. The van der Waals surface area contributed by atoms with E-state index in [1.807, 2.05) is 0 Å². The Hall–Kier alpha value is -1.21. The van der Waals surface area contributed by atoms with Gasteiger partial charge in [-0.25, -0.2) is 0 Å². The van der Waals surface area contributed by atoms with Gasteiger partial charge >= 0.3 is 5.97 Å². The van der Waals surface area contributed by atoms with Crippen molar-refractivity contribution in [1.29, 1.82) is 0 Å². The highest BCUT2D eigenvalue weighted by Gasteiger charge is 2.08. The van der Waals surface area contributed by atoms with Gasteiger partial charge in [-0.2, -0.15) is 11.0 Å². The minimum absolute atomic E-state index is 0.139. The van der Waals surface area contributed by atoms with Crippen LogP contribution < -0.4 is 11.7 Å². The molecule has 7 nitrogen and oxygen atoms in total. The molecule has 15 heavy (non-hydrogen) atoms. The first kappa shape index (κ1) is 13.8. The third-order valence-electron chi connectivity index (χ3n) is 1.94. The van der Waals surface area contributed by atoms with Crippen molar-refractivity contribution in [3.05, 3.63) is 0 Å². The van der Waals surface area contributed by atoms with Crippen molar-refractivity contribution in [3.63, 3.8) is 0 Å². The summed E-state index contributed by atoms with van der Waals surface area (Å²) in [6.07, 6.45) is 2.27. The van der Waals surface area contributed by atoms with E-state index < -0.39 is 12.1 Å². The Morgan fingerprint density at radius 2 is 2.13 bits per heavy atom. The number of nitrogens with two attached hydrogens (primary N) is 2. The van der Waals surface area contributed by atoms with E-state index in [0.717, 1.165) is 12.8 Å². The molecular weight excluding hydrogens is 200 g/mol. The molecule has 0 aromatic carbocycles. The second-order valence-corrected chi connectivity index (χ2v) is 3.16. The molecule has 0 aliphatic carbocycles. The fourth-order valence-corrected chi connectivity index (χ4v) is 1.11. The summed E-state index contributed by atoms with van der Waals surface area (Å²) in [7, 11) is 0. The van der Waals surface area contributed by atoms with Crippen LogP contribution in [0.5, 0.6) is 0 Å². The number of aliphatic hydroxyl groups is 1. The van der Waals surface area contributed by atoms with Gasteiger partial charge in [0.25, 0.3) is 0 Å². The highest BCUT2D eigenvalue weighted by atomic mass is 16.7. The molecule has 88 valence electrons. The molecular formula is C8H18N4O3. The molecule has 0 aliphatic rings. The van der Waals surface area contributed by atoms with E-state index in [1.165, 1.54) is 0 Å². The molecule has 0 rings (SSSR count). The molecule has 0 aliphatic heterocycles. The van der Waals surface area contributed by atoms with Crippen LogP contribution in [0, 0.1) is 0 Å². The van der Waals surface area contributed by atoms with Crippen LogP contribution in [0.4, 0.5) is 0 Å². The van der Waals surface area contributed by atoms with Crippen LogP contribution in [0.1, 0.15) is 32.1 Å². The van der Waals surface area contributed by atoms with E-state index in [-0.39, 0.29) is 6.42 Å². The molecule has 0 fully saturated rings. The number of rotatable bonds is 8. The maximum Gasteiger partial charge on any atom is 0.324 e. The molecule has 1 atom stereocenters. The number of unbranched alkanes of at least 4 members (excludes halogenated alkanes) is 1. The van der Waals surface area contributed by atoms with Crippen molar-refractivity contribution >= 4 is 5.97 Å². The summed E-state index contributed by atoms with van der Waals surface area (Å²) in [5, 5.41) is 16.1.